The van der Waals surface area contributed by atoms with Crippen LogP contribution in [0.3, 0.4) is 0 Å². The van der Waals surface area contributed by atoms with Gasteiger partial charge in [-0.2, -0.15) is 0 Å². The summed E-state index contributed by atoms with van der Waals surface area (Å²) in [5, 5.41) is 9.37. The van der Waals surface area contributed by atoms with Crippen LogP contribution in [0.25, 0.3) is 11.3 Å². The van der Waals surface area contributed by atoms with Gasteiger partial charge in [-0.05, 0) is 19.1 Å². The average Bonchev–Trinajstić information content (AvgIpc) is 3.02. The van der Waals surface area contributed by atoms with Crippen molar-refractivity contribution in [2.45, 2.75) is 18.9 Å². The van der Waals surface area contributed by atoms with Gasteiger partial charge in [0.05, 0.1) is 24.1 Å². The van der Waals surface area contributed by atoms with Crippen molar-refractivity contribution < 1.29 is 27.6 Å². The molecule has 1 aliphatic rings. The number of carbonyl (C=O) groups excluding carboxylic acids is 2. The number of esters is 1. The number of amides is 1. The van der Waals surface area contributed by atoms with Gasteiger partial charge in [-0.1, -0.05) is 5.16 Å². The number of nitrogens with zero attached hydrogens (tertiary/aromatic N) is 1. The largest absolute Gasteiger partial charge is 0.466 e. The van der Waals surface area contributed by atoms with Crippen molar-refractivity contribution in [2.24, 2.45) is 0 Å². The summed E-state index contributed by atoms with van der Waals surface area (Å²) in [6, 6.07) is 4.25. The summed E-state index contributed by atoms with van der Waals surface area (Å²) in [7, 11) is 0. The zero-order chi connectivity index (χ0) is 18.7. The number of nitrogens with one attached hydrogen (secondary N) is 2. The number of aromatic nitrogens is 1. The zero-order valence-electron chi connectivity index (χ0n) is 14.0. The molecule has 9 heteroatoms. The van der Waals surface area contributed by atoms with Crippen molar-refractivity contribution in [3.8, 4) is 11.3 Å². The molecule has 26 heavy (non-hydrogen) atoms. The van der Waals surface area contributed by atoms with Gasteiger partial charge in [0, 0.05) is 25.2 Å². The number of rotatable bonds is 6. The molecule has 2 heterocycles. The van der Waals surface area contributed by atoms with E-state index < -0.39 is 29.0 Å². The quantitative estimate of drug-likeness (QED) is 0.756. The van der Waals surface area contributed by atoms with E-state index in [1.165, 1.54) is 12.1 Å². The number of ether oxygens (including phenoxy) is 1. The molecule has 1 amide bonds. The van der Waals surface area contributed by atoms with E-state index in [1.807, 2.05) is 0 Å². The van der Waals surface area contributed by atoms with Crippen molar-refractivity contribution in [1.82, 2.24) is 15.8 Å². The highest BCUT2D eigenvalue weighted by molar-refractivity contribution is 5.94. The Balaban J connectivity index is 1.72. The zero-order valence-corrected chi connectivity index (χ0v) is 14.0. The fraction of sp³-hybridized carbons (Fsp3) is 0.353. The molecule has 1 saturated heterocycles. The number of halogens is 2. The first kappa shape index (κ1) is 18.0. The Bertz CT molecular complexity index is 833. The van der Waals surface area contributed by atoms with Crippen LogP contribution < -0.4 is 10.6 Å². The molecule has 1 aliphatic heterocycles. The molecule has 0 unspecified atom stereocenters. The highest BCUT2D eigenvalue weighted by Crippen LogP contribution is 2.25. The maximum atomic E-state index is 13.8. The molecule has 3 rings (SSSR count). The van der Waals surface area contributed by atoms with Gasteiger partial charge in [-0.25, -0.2) is 8.78 Å². The second-order valence-electron chi connectivity index (χ2n) is 6.02. The van der Waals surface area contributed by atoms with Crippen LogP contribution in [0.1, 0.15) is 23.8 Å². The Labute approximate surface area is 147 Å². The first-order chi connectivity index (χ1) is 12.4. The molecule has 0 aliphatic carbocycles. The van der Waals surface area contributed by atoms with Gasteiger partial charge in [-0.15, -0.1) is 0 Å². The number of carbonyl (C=O) groups is 2. The van der Waals surface area contributed by atoms with Gasteiger partial charge in [0.1, 0.15) is 11.6 Å². The highest BCUT2D eigenvalue weighted by Gasteiger charge is 2.41. The molecule has 0 atom stereocenters. The van der Waals surface area contributed by atoms with Crippen molar-refractivity contribution in [3.63, 3.8) is 0 Å². The maximum absolute atomic E-state index is 13.8. The van der Waals surface area contributed by atoms with E-state index in [4.69, 9.17) is 9.26 Å². The molecule has 0 radical (unpaired) electrons. The van der Waals surface area contributed by atoms with E-state index in [1.54, 1.807) is 6.92 Å². The van der Waals surface area contributed by atoms with Gasteiger partial charge >= 0.3 is 5.97 Å². The van der Waals surface area contributed by atoms with Crippen LogP contribution in [0.5, 0.6) is 0 Å². The summed E-state index contributed by atoms with van der Waals surface area (Å²) in [6.07, 6.45) is 0.0247. The third kappa shape index (κ3) is 3.72. The lowest BCUT2D eigenvalue weighted by atomic mass is 9.88. The minimum absolute atomic E-state index is 0.00109. The molecule has 138 valence electrons. The van der Waals surface area contributed by atoms with E-state index in [-0.39, 0.29) is 30.0 Å². The molecular formula is C17H17F2N3O4. The lowest BCUT2D eigenvalue weighted by Crippen LogP contribution is -2.69. The molecule has 0 spiro atoms. The molecule has 0 bridgehead atoms. The molecule has 0 saturated carbocycles. The van der Waals surface area contributed by atoms with Gasteiger partial charge in [-0.3, -0.25) is 9.59 Å². The van der Waals surface area contributed by atoms with Crippen molar-refractivity contribution in [1.29, 1.82) is 0 Å². The number of hydrogen-bond acceptors (Lipinski definition) is 6. The number of hydrogen-bond donors (Lipinski definition) is 2. The first-order valence-electron chi connectivity index (χ1n) is 8.03. The molecule has 7 nitrogen and oxygen atoms in total. The van der Waals surface area contributed by atoms with Crippen LogP contribution >= 0.6 is 0 Å². The standard InChI is InChI=1S/C17H17F2N3O4/c1-2-25-15(23)7-17(8-20-9-17)21-16(24)13-6-14(26-22-13)11-4-3-10(18)5-12(11)19/h3-6,20H,2,7-9H2,1H3,(H,21,24). The summed E-state index contributed by atoms with van der Waals surface area (Å²) >= 11 is 0. The summed E-state index contributed by atoms with van der Waals surface area (Å²) < 4.78 is 36.7. The summed E-state index contributed by atoms with van der Waals surface area (Å²) in [5.41, 5.74) is -0.841. The predicted octanol–water partition coefficient (Wildman–Crippen LogP) is 1.64. The Morgan fingerprint density at radius 2 is 2.12 bits per heavy atom. The highest BCUT2D eigenvalue weighted by atomic mass is 19.1. The Morgan fingerprint density at radius 1 is 1.35 bits per heavy atom. The smallest absolute Gasteiger partial charge is 0.308 e. The second kappa shape index (κ2) is 7.20. The van der Waals surface area contributed by atoms with E-state index in [9.17, 15) is 18.4 Å². The summed E-state index contributed by atoms with van der Waals surface area (Å²) in [6.45, 7) is 2.78. The van der Waals surface area contributed by atoms with Crippen molar-refractivity contribution >= 4 is 11.9 Å². The van der Waals surface area contributed by atoms with Crippen LogP contribution in [0.2, 0.25) is 0 Å². The number of benzene rings is 1. The summed E-state index contributed by atoms with van der Waals surface area (Å²) in [4.78, 5) is 24.1. The minimum atomic E-state index is -0.824. The molecule has 2 aromatic rings. The lowest BCUT2D eigenvalue weighted by Gasteiger charge is -2.42. The van der Waals surface area contributed by atoms with Gasteiger partial charge in [0.15, 0.2) is 11.5 Å². The van der Waals surface area contributed by atoms with Crippen LogP contribution in [0.4, 0.5) is 8.78 Å². The maximum Gasteiger partial charge on any atom is 0.308 e. The van der Waals surface area contributed by atoms with Crippen molar-refractivity contribution in [2.75, 3.05) is 19.7 Å². The van der Waals surface area contributed by atoms with Gasteiger partial charge in [0.25, 0.3) is 5.91 Å². The topological polar surface area (TPSA) is 93.5 Å². The van der Waals surface area contributed by atoms with E-state index >= 15 is 0 Å². The molecule has 2 N–H and O–H groups in total. The minimum Gasteiger partial charge on any atom is -0.466 e. The van der Waals surface area contributed by atoms with Crippen molar-refractivity contribution in [3.05, 3.63) is 41.6 Å². The third-order valence-electron chi connectivity index (χ3n) is 4.03. The molecular weight excluding hydrogens is 348 g/mol. The molecule has 1 fully saturated rings. The average molecular weight is 365 g/mol. The Hall–Kier alpha value is -2.81. The Kier molecular flexibility index (Phi) is 4.99. The Morgan fingerprint density at radius 3 is 2.73 bits per heavy atom. The summed E-state index contributed by atoms with van der Waals surface area (Å²) in [5.74, 6) is -2.52. The van der Waals surface area contributed by atoms with E-state index in [0.717, 1.165) is 6.07 Å². The van der Waals surface area contributed by atoms with Gasteiger partial charge in [0.2, 0.25) is 0 Å². The normalized spacial score (nSPS) is 15.2. The fourth-order valence-corrected chi connectivity index (χ4v) is 2.68. The predicted molar refractivity (Wildman–Crippen MR) is 86.2 cm³/mol. The van der Waals surface area contributed by atoms with Crippen LogP contribution in [0, 0.1) is 11.6 Å². The lowest BCUT2D eigenvalue weighted by molar-refractivity contribution is -0.145. The molecule has 1 aromatic heterocycles. The first-order valence-corrected chi connectivity index (χ1v) is 8.03. The monoisotopic (exact) mass is 365 g/mol. The van der Waals surface area contributed by atoms with Crippen LogP contribution in [0.15, 0.2) is 28.8 Å². The van der Waals surface area contributed by atoms with Crippen LogP contribution in [-0.2, 0) is 9.53 Å². The van der Waals surface area contributed by atoms with Gasteiger partial charge < -0.3 is 19.9 Å². The third-order valence-corrected chi connectivity index (χ3v) is 4.03. The SMILES string of the molecule is CCOC(=O)CC1(NC(=O)c2cc(-c3ccc(F)cc3F)on2)CNC1. The molecule has 1 aromatic carbocycles. The van der Waals surface area contributed by atoms with Crippen LogP contribution in [-0.4, -0.2) is 42.3 Å². The van der Waals surface area contributed by atoms with E-state index in [2.05, 4.69) is 15.8 Å². The second-order valence-corrected chi connectivity index (χ2v) is 6.02. The fourth-order valence-electron chi connectivity index (χ4n) is 2.68. The van der Waals surface area contributed by atoms with E-state index in [0.29, 0.717) is 19.2 Å².